The van der Waals surface area contributed by atoms with Crippen molar-refractivity contribution in [2.75, 3.05) is 20.3 Å². The van der Waals surface area contributed by atoms with Gasteiger partial charge < -0.3 is 14.2 Å². The van der Waals surface area contributed by atoms with Gasteiger partial charge in [0.05, 0.1) is 26.7 Å². The number of hydrogen-bond donors (Lipinski definition) is 0. The summed E-state index contributed by atoms with van der Waals surface area (Å²) in [4.78, 5) is 11.5. The van der Waals surface area contributed by atoms with Crippen molar-refractivity contribution in [2.24, 2.45) is 0 Å². The van der Waals surface area contributed by atoms with E-state index in [1.807, 2.05) is 35.6 Å². The van der Waals surface area contributed by atoms with Crippen LogP contribution >= 0.6 is 11.3 Å². The van der Waals surface area contributed by atoms with Crippen LogP contribution < -0.4 is 9.47 Å². The monoisotopic (exact) mass is 516 g/mol. The van der Waals surface area contributed by atoms with Gasteiger partial charge in [0.25, 0.3) is 0 Å². The maximum atomic E-state index is 11.5. The second kappa shape index (κ2) is 13.8. The van der Waals surface area contributed by atoms with E-state index in [9.17, 15) is 4.79 Å². The molecule has 0 atom stereocenters. The number of ether oxygens (including phenoxy) is 3. The Morgan fingerprint density at radius 2 is 1.62 bits per heavy atom. The minimum atomic E-state index is -0.249. The van der Waals surface area contributed by atoms with Gasteiger partial charge in [-0.2, -0.15) is 0 Å². The average molecular weight is 517 g/mol. The molecule has 0 fully saturated rings. The van der Waals surface area contributed by atoms with Crippen LogP contribution in [0.5, 0.6) is 11.5 Å². The van der Waals surface area contributed by atoms with Crippen molar-refractivity contribution in [3.8, 4) is 11.5 Å². The van der Waals surface area contributed by atoms with E-state index in [4.69, 9.17) is 14.2 Å². The average Bonchev–Trinajstić information content (AvgIpc) is 3.34. The van der Waals surface area contributed by atoms with Gasteiger partial charge in [-0.25, -0.2) is 0 Å². The summed E-state index contributed by atoms with van der Waals surface area (Å²) in [5.41, 5.74) is 5.05. The van der Waals surface area contributed by atoms with Gasteiger partial charge in [-0.05, 0) is 83.8 Å². The van der Waals surface area contributed by atoms with Crippen molar-refractivity contribution in [1.82, 2.24) is 0 Å². The number of carbonyl (C=O) groups is 1. The highest BCUT2D eigenvalue weighted by Crippen LogP contribution is 2.36. The van der Waals surface area contributed by atoms with E-state index in [0.29, 0.717) is 13.2 Å². The van der Waals surface area contributed by atoms with Crippen molar-refractivity contribution in [3.63, 3.8) is 0 Å². The summed E-state index contributed by atoms with van der Waals surface area (Å²) < 4.78 is 18.3. The van der Waals surface area contributed by atoms with Crippen molar-refractivity contribution in [2.45, 2.75) is 51.9 Å². The molecule has 0 N–H and O–H groups in total. The minimum absolute atomic E-state index is 0.249. The molecule has 0 radical (unpaired) electrons. The van der Waals surface area contributed by atoms with Crippen LogP contribution in [-0.4, -0.2) is 26.3 Å². The third kappa shape index (κ3) is 7.59. The summed E-state index contributed by atoms with van der Waals surface area (Å²) in [7, 11) is 1.40. The van der Waals surface area contributed by atoms with Gasteiger partial charge in [0, 0.05) is 10.3 Å². The van der Waals surface area contributed by atoms with Crippen LogP contribution in [0.4, 0.5) is 0 Å². The van der Waals surface area contributed by atoms with Crippen molar-refractivity contribution < 1.29 is 19.0 Å². The van der Waals surface area contributed by atoms with Crippen LogP contribution in [0.15, 0.2) is 72.1 Å². The fraction of sp³-hybridized carbons (Fsp3) is 0.344. The molecule has 4 aromatic rings. The molecule has 0 saturated heterocycles. The van der Waals surface area contributed by atoms with Gasteiger partial charge in [-0.1, -0.05) is 55.8 Å². The van der Waals surface area contributed by atoms with Gasteiger partial charge in [0.2, 0.25) is 0 Å². The molecular formula is C32H36O4S. The Kier molecular flexibility index (Phi) is 10.0. The topological polar surface area (TPSA) is 44.8 Å². The van der Waals surface area contributed by atoms with E-state index in [0.717, 1.165) is 55.6 Å². The maximum absolute atomic E-state index is 11.5. The standard InChI is InChI=1S/C32H36O4S/c1-3-10-29-30(18-17-28-26(23-37-32(28)29)16-15-24-11-5-4-6-12-24)36-20-8-7-19-35-27-14-9-13-25(21-27)22-31(33)34-2/h4-6,9,11-14,17-18,21,23H,3,7-8,10,15-16,19-20,22H2,1-2H3. The van der Waals surface area contributed by atoms with E-state index in [2.05, 4.69) is 54.8 Å². The van der Waals surface area contributed by atoms with Gasteiger partial charge in [0.15, 0.2) is 0 Å². The smallest absolute Gasteiger partial charge is 0.309 e. The van der Waals surface area contributed by atoms with Gasteiger partial charge in [-0.3, -0.25) is 4.79 Å². The molecule has 4 rings (SSSR count). The molecule has 0 aliphatic heterocycles. The van der Waals surface area contributed by atoms with E-state index >= 15 is 0 Å². The van der Waals surface area contributed by atoms with E-state index in [1.54, 1.807) is 0 Å². The van der Waals surface area contributed by atoms with Crippen LogP contribution in [0.25, 0.3) is 10.1 Å². The van der Waals surface area contributed by atoms with Crippen LogP contribution in [0.1, 0.15) is 48.4 Å². The molecule has 0 aliphatic rings. The molecule has 0 saturated carbocycles. The minimum Gasteiger partial charge on any atom is -0.494 e. The number of aryl methyl sites for hydroxylation is 3. The Bertz CT molecular complexity index is 1280. The first-order valence-corrected chi connectivity index (χ1v) is 14.0. The molecule has 0 amide bonds. The van der Waals surface area contributed by atoms with Crippen molar-refractivity contribution in [1.29, 1.82) is 0 Å². The van der Waals surface area contributed by atoms with Crippen LogP contribution in [0.3, 0.4) is 0 Å². The Labute approximate surface area is 224 Å². The summed E-state index contributed by atoms with van der Waals surface area (Å²) in [6.07, 6.45) is 6.30. The molecule has 1 heterocycles. The summed E-state index contributed by atoms with van der Waals surface area (Å²) in [6, 6.07) is 22.7. The second-order valence-corrected chi connectivity index (χ2v) is 10.1. The zero-order valence-corrected chi connectivity index (χ0v) is 22.6. The quantitative estimate of drug-likeness (QED) is 0.128. The van der Waals surface area contributed by atoms with Crippen molar-refractivity contribution in [3.05, 3.63) is 94.4 Å². The Balaban J connectivity index is 1.28. The lowest BCUT2D eigenvalue weighted by Crippen LogP contribution is -2.06. The van der Waals surface area contributed by atoms with Gasteiger partial charge >= 0.3 is 5.97 Å². The number of esters is 1. The fourth-order valence-corrected chi connectivity index (χ4v) is 5.67. The molecule has 0 unspecified atom stereocenters. The highest BCUT2D eigenvalue weighted by atomic mass is 32.1. The lowest BCUT2D eigenvalue weighted by molar-refractivity contribution is -0.139. The first-order valence-electron chi connectivity index (χ1n) is 13.1. The number of methoxy groups -OCH3 is 1. The summed E-state index contributed by atoms with van der Waals surface area (Å²) in [5.74, 6) is 1.54. The molecule has 1 aromatic heterocycles. The molecule has 37 heavy (non-hydrogen) atoms. The predicted molar refractivity (Wildman–Crippen MR) is 152 cm³/mol. The SMILES string of the molecule is CCCc1c(OCCCCOc2cccc(CC(=O)OC)c2)ccc2c(CCc3ccccc3)csc12. The lowest BCUT2D eigenvalue weighted by Gasteiger charge is -2.13. The number of carbonyl (C=O) groups excluding carboxylic acids is 1. The largest absolute Gasteiger partial charge is 0.494 e. The molecule has 0 bridgehead atoms. The Morgan fingerprint density at radius 1 is 0.838 bits per heavy atom. The van der Waals surface area contributed by atoms with E-state index in [1.165, 1.54) is 33.9 Å². The summed E-state index contributed by atoms with van der Waals surface area (Å²) >= 11 is 1.85. The summed E-state index contributed by atoms with van der Waals surface area (Å²) in [5, 5.41) is 3.70. The number of thiophene rings is 1. The summed E-state index contributed by atoms with van der Waals surface area (Å²) in [6.45, 7) is 3.51. The van der Waals surface area contributed by atoms with Crippen LogP contribution in [0.2, 0.25) is 0 Å². The molecule has 3 aromatic carbocycles. The lowest BCUT2D eigenvalue weighted by atomic mass is 10.0. The fourth-order valence-electron chi connectivity index (χ4n) is 4.49. The molecule has 5 heteroatoms. The molecule has 0 spiro atoms. The molecule has 4 nitrogen and oxygen atoms in total. The predicted octanol–water partition coefficient (Wildman–Crippen LogP) is 7.59. The normalized spacial score (nSPS) is 11.0. The highest BCUT2D eigenvalue weighted by molar-refractivity contribution is 7.17. The van der Waals surface area contributed by atoms with E-state index < -0.39 is 0 Å². The third-order valence-electron chi connectivity index (χ3n) is 6.45. The maximum Gasteiger partial charge on any atom is 0.309 e. The third-order valence-corrected chi connectivity index (χ3v) is 7.55. The number of hydrogen-bond acceptors (Lipinski definition) is 5. The first kappa shape index (κ1) is 26.7. The zero-order chi connectivity index (χ0) is 25.9. The van der Waals surface area contributed by atoms with Crippen molar-refractivity contribution >= 4 is 27.4 Å². The zero-order valence-electron chi connectivity index (χ0n) is 21.8. The van der Waals surface area contributed by atoms with E-state index in [-0.39, 0.29) is 12.4 Å². The Morgan fingerprint density at radius 3 is 2.41 bits per heavy atom. The second-order valence-electron chi connectivity index (χ2n) is 9.22. The van der Waals surface area contributed by atoms with Gasteiger partial charge in [0.1, 0.15) is 11.5 Å². The number of benzene rings is 3. The number of rotatable bonds is 14. The Hall–Kier alpha value is -3.31. The van der Waals surface area contributed by atoms with Crippen LogP contribution in [0, 0.1) is 0 Å². The number of unbranched alkanes of at least 4 members (excludes halogenated alkanes) is 1. The molecular weight excluding hydrogens is 480 g/mol. The molecule has 194 valence electrons. The highest BCUT2D eigenvalue weighted by Gasteiger charge is 2.13. The van der Waals surface area contributed by atoms with Gasteiger partial charge in [-0.15, -0.1) is 11.3 Å². The van der Waals surface area contributed by atoms with Crippen LogP contribution in [-0.2, 0) is 35.2 Å². The first-order chi connectivity index (χ1) is 18.2. The molecule has 0 aliphatic carbocycles. The number of fused-ring (bicyclic) bond motifs is 1.